The van der Waals surface area contributed by atoms with Gasteiger partial charge in [-0.15, -0.1) is 0 Å². The van der Waals surface area contributed by atoms with Crippen molar-refractivity contribution in [2.45, 2.75) is 19.4 Å². The first-order chi connectivity index (χ1) is 9.65. The Hall–Kier alpha value is -1.82. The fraction of sp³-hybridized carbons (Fsp3) is 0.286. The topological polar surface area (TPSA) is 67.0 Å². The molecule has 2 N–H and O–H groups in total. The van der Waals surface area contributed by atoms with Crippen molar-refractivity contribution in [1.82, 2.24) is 15.3 Å². The number of amides is 1. The average molecular weight is 338 g/mol. The van der Waals surface area contributed by atoms with Gasteiger partial charge in [0.1, 0.15) is 11.6 Å². The summed E-state index contributed by atoms with van der Waals surface area (Å²) < 4.78 is 6.54. The summed E-state index contributed by atoms with van der Waals surface area (Å²) in [7, 11) is 0. The molecule has 2 aromatic rings. The molecule has 1 atom stereocenters. The zero-order valence-electron chi connectivity index (χ0n) is 11.1. The average Bonchev–Trinajstić information content (AvgIpc) is 2.94. The minimum absolute atomic E-state index is 0.139. The molecule has 0 spiro atoms. The normalized spacial score (nSPS) is 11.9. The van der Waals surface area contributed by atoms with Crippen LogP contribution in [0.15, 0.2) is 41.1 Å². The third-order valence-corrected chi connectivity index (χ3v) is 3.24. The van der Waals surface area contributed by atoms with Crippen molar-refractivity contribution >= 4 is 21.8 Å². The van der Waals surface area contributed by atoms with Crippen LogP contribution in [0.4, 0.5) is 0 Å². The van der Waals surface area contributed by atoms with Crippen LogP contribution in [0.25, 0.3) is 0 Å². The van der Waals surface area contributed by atoms with E-state index in [1.165, 1.54) is 0 Å². The van der Waals surface area contributed by atoms with E-state index in [0.29, 0.717) is 18.7 Å². The van der Waals surface area contributed by atoms with Crippen molar-refractivity contribution in [3.63, 3.8) is 0 Å². The Kier molecular flexibility index (Phi) is 5.17. The second kappa shape index (κ2) is 7.09. The van der Waals surface area contributed by atoms with Gasteiger partial charge in [-0.25, -0.2) is 4.98 Å². The van der Waals surface area contributed by atoms with Crippen molar-refractivity contribution in [3.8, 4) is 5.75 Å². The number of H-pyrrole nitrogens is 1. The SMILES string of the molecule is CC(Oc1ccc(Br)cc1)C(=O)NCCc1ncc[nH]1. The van der Waals surface area contributed by atoms with Gasteiger partial charge in [0.25, 0.3) is 5.91 Å². The number of carbonyl (C=O) groups excluding carboxylic acids is 1. The molecule has 0 aliphatic heterocycles. The van der Waals surface area contributed by atoms with Crippen LogP contribution >= 0.6 is 15.9 Å². The van der Waals surface area contributed by atoms with E-state index in [1.807, 2.05) is 24.3 Å². The van der Waals surface area contributed by atoms with Crippen LogP contribution in [0.1, 0.15) is 12.7 Å². The first-order valence-electron chi connectivity index (χ1n) is 6.33. The largest absolute Gasteiger partial charge is 0.481 e. The molecule has 6 heteroatoms. The summed E-state index contributed by atoms with van der Waals surface area (Å²) in [4.78, 5) is 18.9. The molecule has 0 bridgehead atoms. The van der Waals surface area contributed by atoms with E-state index in [2.05, 4.69) is 31.2 Å². The number of nitrogens with one attached hydrogen (secondary N) is 2. The lowest BCUT2D eigenvalue weighted by atomic mass is 10.3. The van der Waals surface area contributed by atoms with Crippen LogP contribution in [0.5, 0.6) is 5.75 Å². The number of aromatic nitrogens is 2. The van der Waals surface area contributed by atoms with E-state index < -0.39 is 6.10 Å². The van der Waals surface area contributed by atoms with Crippen molar-refractivity contribution < 1.29 is 9.53 Å². The number of rotatable bonds is 6. The molecule has 2 rings (SSSR count). The van der Waals surface area contributed by atoms with E-state index in [9.17, 15) is 4.79 Å². The molecule has 106 valence electrons. The molecule has 0 aliphatic rings. The molecule has 0 radical (unpaired) electrons. The third-order valence-electron chi connectivity index (χ3n) is 2.71. The number of hydrogen-bond donors (Lipinski definition) is 2. The molecular formula is C14H16BrN3O2. The second-order valence-corrected chi connectivity index (χ2v) is 5.21. The zero-order valence-corrected chi connectivity index (χ0v) is 12.7. The fourth-order valence-corrected chi connectivity index (χ4v) is 1.92. The van der Waals surface area contributed by atoms with Crippen molar-refractivity contribution in [3.05, 3.63) is 47.0 Å². The molecular weight excluding hydrogens is 322 g/mol. The van der Waals surface area contributed by atoms with Crippen molar-refractivity contribution in [2.75, 3.05) is 6.54 Å². The molecule has 5 nitrogen and oxygen atoms in total. The lowest BCUT2D eigenvalue weighted by molar-refractivity contribution is -0.127. The summed E-state index contributed by atoms with van der Waals surface area (Å²) in [6.07, 6.45) is 3.59. The number of ether oxygens (including phenoxy) is 1. The number of imidazole rings is 1. The van der Waals surface area contributed by atoms with Gasteiger partial charge in [-0.1, -0.05) is 15.9 Å². The predicted octanol–water partition coefficient (Wildman–Crippen LogP) is 2.30. The lowest BCUT2D eigenvalue weighted by Gasteiger charge is -2.14. The molecule has 1 aromatic heterocycles. The Morgan fingerprint density at radius 3 is 2.85 bits per heavy atom. The van der Waals surface area contributed by atoms with Gasteiger partial charge in [-0.3, -0.25) is 4.79 Å². The van der Waals surface area contributed by atoms with Crippen molar-refractivity contribution in [2.24, 2.45) is 0 Å². The highest BCUT2D eigenvalue weighted by Crippen LogP contribution is 2.17. The molecule has 20 heavy (non-hydrogen) atoms. The monoisotopic (exact) mass is 337 g/mol. The standard InChI is InChI=1S/C14H16BrN3O2/c1-10(20-12-4-2-11(15)3-5-12)14(19)18-7-6-13-16-8-9-17-13/h2-5,8-10H,6-7H2,1H3,(H,16,17)(H,18,19). The fourth-order valence-electron chi connectivity index (χ4n) is 1.65. The Morgan fingerprint density at radius 2 is 2.20 bits per heavy atom. The van der Waals surface area contributed by atoms with Crippen LogP contribution in [0.2, 0.25) is 0 Å². The van der Waals surface area contributed by atoms with Crippen LogP contribution in [0.3, 0.4) is 0 Å². The van der Waals surface area contributed by atoms with Crippen LogP contribution in [0, 0.1) is 0 Å². The highest BCUT2D eigenvalue weighted by Gasteiger charge is 2.14. The molecule has 0 aliphatic carbocycles. The van der Waals surface area contributed by atoms with Crippen LogP contribution in [-0.4, -0.2) is 28.5 Å². The van der Waals surface area contributed by atoms with Gasteiger partial charge in [-0.2, -0.15) is 0 Å². The Bertz CT molecular complexity index is 540. The number of aromatic amines is 1. The third kappa shape index (κ3) is 4.38. The van der Waals surface area contributed by atoms with Crippen LogP contribution < -0.4 is 10.1 Å². The van der Waals surface area contributed by atoms with E-state index in [1.54, 1.807) is 19.3 Å². The maximum atomic E-state index is 11.9. The zero-order chi connectivity index (χ0) is 14.4. The van der Waals surface area contributed by atoms with E-state index in [0.717, 1.165) is 10.3 Å². The smallest absolute Gasteiger partial charge is 0.260 e. The Balaban J connectivity index is 1.75. The van der Waals surface area contributed by atoms with Gasteiger partial charge in [0.15, 0.2) is 6.10 Å². The molecule has 0 saturated heterocycles. The van der Waals surface area contributed by atoms with Crippen molar-refractivity contribution in [1.29, 1.82) is 0 Å². The summed E-state index contributed by atoms with van der Waals surface area (Å²) in [5.74, 6) is 1.38. The van der Waals surface area contributed by atoms with Gasteiger partial charge in [-0.05, 0) is 31.2 Å². The minimum Gasteiger partial charge on any atom is -0.481 e. The first-order valence-corrected chi connectivity index (χ1v) is 7.12. The summed E-state index contributed by atoms with van der Waals surface area (Å²) >= 11 is 3.35. The van der Waals surface area contributed by atoms with Gasteiger partial charge < -0.3 is 15.0 Å². The number of hydrogen-bond acceptors (Lipinski definition) is 3. The highest BCUT2D eigenvalue weighted by molar-refractivity contribution is 9.10. The summed E-state index contributed by atoms with van der Waals surface area (Å²) in [5, 5.41) is 2.82. The van der Waals surface area contributed by atoms with Gasteiger partial charge >= 0.3 is 0 Å². The van der Waals surface area contributed by atoms with E-state index in [4.69, 9.17) is 4.74 Å². The van der Waals surface area contributed by atoms with Gasteiger partial charge in [0, 0.05) is 29.8 Å². The van der Waals surface area contributed by atoms with Gasteiger partial charge in [0.05, 0.1) is 0 Å². The van der Waals surface area contributed by atoms with Gasteiger partial charge in [0.2, 0.25) is 0 Å². The molecule has 1 unspecified atom stereocenters. The molecule has 0 fully saturated rings. The Morgan fingerprint density at radius 1 is 1.45 bits per heavy atom. The second-order valence-electron chi connectivity index (χ2n) is 4.29. The summed E-state index contributed by atoms with van der Waals surface area (Å²) in [6.45, 7) is 2.25. The summed E-state index contributed by atoms with van der Waals surface area (Å²) in [5.41, 5.74) is 0. The molecule has 1 aromatic carbocycles. The maximum Gasteiger partial charge on any atom is 0.260 e. The highest BCUT2D eigenvalue weighted by atomic mass is 79.9. The van der Waals surface area contributed by atoms with Crippen LogP contribution in [-0.2, 0) is 11.2 Å². The van der Waals surface area contributed by atoms with E-state index >= 15 is 0 Å². The molecule has 0 saturated carbocycles. The minimum atomic E-state index is -0.534. The number of benzene rings is 1. The lowest BCUT2D eigenvalue weighted by Crippen LogP contribution is -2.37. The molecule has 1 amide bonds. The van der Waals surface area contributed by atoms with E-state index in [-0.39, 0.29) is 5.91 Å². The predicted molar refractivity (Wildman–Crippen MR) is 79.5 cm³/mol. The number of nitrogens with zero attached hydrogens (tertiary/aromatic N) is 1. The Labute approximate surface area is 125 Å². The number of halogens is 1. The maximum absolute atomic E-state index is 11.9. The number of carbonyl (C=O) groups is 1. The first kappa shape index (κ1) is 14.6. The molecule has 1 heterocycles. The quantitative estimate of drug-likeness (QED) is 0.849. The summed E-state index contributed by atoms with van der Waals surface area (Å²) in [6, 6.07) is 7.38.